The lowest BCUT2D eigenvalue weighted by Gasteiger charge is -2.37. The molecule has 0 aliphatic carbocycles. The Morgan fingerprint density at radius 3 is 2.62 bits per heavy atom. The van der Waals surface area contributed by atoms with Crippen LogP contribution in [0.1, 0.15) is 30.7 Å². The normalized spacial score (nSPS) is 21.4. The fourth-order valence-corrected chi connectivity index (χ4v) is 7.33. The van der Waals surface area contributed by atoms with Crippen molar-refractivity contribution in [2.45, 2.75) is 60.6 Å². The molecule has 1 aromatic heterocycles. The van der Waals surface area contributed by atoms with Crippen molar-refractivity contribution >= 4 is 20.0 Å². The number of sulfonamides is 2. The van der Waals surface area contributed by atoms with Crippen molar-refractivity contribution in [3.05, 3.63) is 35.7 Å². The van der Waals surface area contributed by atoms with Gasteiger partial charge >= 0.3 is 0 Å². The van der Waals surface area contributed by atoms with E-state index in [1.165, 1.54) is 23.5 Å². The second kappa shape index (κ2) is 11.0. The number of aliphatic hydroxyl groups is 1. The highest BCUT2D eigenvalue weighted by molar-refractivity contribution is 7.89. The number of aliphatic hydroxyl groups excluding tert-OH is 1. The summed E-state index contributed by atoms with van der Waals surface area (Å²) in [5.74, 6) is 0.634. The van der Waals surface area contributed by atoms with Crippen molar-refractivity contribution in [1.29, 1.82) is 0 Å². The van der Waals surface area contributed by atoms with Crippen LogP contribution < -0.4 is 14.8 Å². The third-order valence-electron chi connectivity index (χ3n) is 6.88. The lowest BCUT2D eigenvalue weighted by molar-refractivity contribution is -0.0312. The minimum absolute atomic E-state index is 0.0106. The van der Waals surface area contributed by atoms with Crippen LogP contribution in [0, 0.1) is 13.8 Å². The Morgan fingerprint density at radius 2 is 1.97 bits per heavy atom. The highest BCUT2D eigenvalue weighted by Gasteiger charge is 2.45. The van der Waals surface area contributed by atoms with Gasteiger partial charge < -0.3 is 24.4 Å². The van der Waals surface area contributed by atoms with Crippen LogP contribution in [0.4, 0.5) is 0 Å². The molecule has 2 aliphatic heterocycles. The smallest absolute Gasteiger partial charge is 0.248 e. The molecule has 206 valence electrons. The Hall–Kier alpha value is -2.07. The van der Waals surface area contributed by atoms with E-state index >= 15 is 0 Å². The molecule has 1 aromatic carbocycles. The van der Waals surface area contributed by atoms with Crippen LogP contribution in [0.2, 0.25) is 0 Å². The number of ether oxygens (including phenoxy) is 2. The molecule has 2 fully saturated rings. The van der Waals surface area contributed by atoms with E-state index in [4.69, 9.17) is 14.0 Å². The number of benzene rings is 1. The van der Waals surface area contributed by atoms with Crippen LogP contribution in [0.3, 0.4) is 0 Å². The molecular formula is C23H34N4O8S2. The number of rotatable bonds is 10. The van der Waals surface area contributed by atoms with Crippen molar-refractivity contribution in [2.75, 3.05) is 39.9 Å². The first-order chi connectivity index (χ1) is 17.5. The highest BCUT2D eigenvalue weighted by atomic mass is 32.2. The van der Waals surface area contributed by atoms with Crippen LogP contribution in [-0.4, -0.2) is 89.0 Å². The summed E-state index contributed by atoms with van der Waals surface area (Å²) in [6.07, 6.45) is 1.04. The fraction of sp³-hybridized carbons (Fsp3) is 0.609. The quantitative estimate of drug-likeness (QED) is 0.375. The molecule has 0 bridgehead atoms. The Balaban J connectivity index is 1.23. The fourth-order valence-electron chi connectivity index (χ4n) is 4.83. The van der Waals surface area contributed by atoms with Gasteiger partial charge in [0.25, 0.3) is 0 Å². The monoisotopic (exact) mass is 558 g/mol. The summed E-state index contributed by atoms with van der Waals surface area (Å²) in [6, 6.07) is 6.08. The molecule has 2 saturated heterocycles. The number of aromatic nitrogens is 1. The number of hydrogen-bond acceptors (Lipinski definition) is 10. The zero-order chi connectivity index (χ0) is 26.8. The van der Waals surface area contributed by atoms with Crippen molar-refractivity contribution < 1.29 is 35.9 Å². The van der Waals surface area contributed by atoms with Crippen LogP contribution in [0.15, 0.2) is 38.6 Å². The lowest BCUT2D eigenvalue weighted by Crippen LogP contribution is -2.47. The third-order valence-corrected chi connectivity index (χ3v) is 10.4. The van der Waals surface area contributed by atoms with Crippen molar-refractivity contribution in [1.82, 2.24) is 19.5 Å². The Labute approximate surface area is 217 Å². The van der Waals surface area contributed by atoms with Gasteiger partial charge in [-0.25, -0.2) is 21.6 Å². The van der Waals surface area contributed by atoms with E-state index in [9.17, 15) is 21.9 Å². The minimum atomic E-state index is -3.68. The first-order valence-electron chi connectivity index (χ1n) is 12.1. The lowest BCUT2D eigenvalue weighted by atomic mass is 9.88. The maximum absolute atomic E-state index is 13.1. The maximum atomic E-state index is 13.1. The number of piperidine rings is 1. The van der Waals surface area contributed by atoms with Gasteiger partial charge in [-0.2, -0.15) is 4.31 Å². The maximum Gasteiger partial charge on any atom is 0.248 e. The summed E-state index contributed by atoms with van der Waals surface area (Å²) in [4.78, 5) is 0.223. The average Bonchev–Trinajstić information content (AvgIpc) is 3.44. The molecule has 2 atom stereocenters. The van der Waals surface area contributed by atoms with Gasteiger partial charge in [0.1, 0.15) is 29.0 Å². The first-order valence-corrected chi connectivity index (χ1v) is 15.0. The van der Waals surface area contributed by atoms with Gasteiger partial charge in [0.05, 0.1) is 17.1 Å². The van der Waals surface area contributed by atoms with E-state index in [1.807, 2.05) is 0 Å². The molecule has 0 amide bonds. The van der Waals surface area contributed by atoms with E-state index in [0.29, 0.717) is 50.4 Å². The van der Waals surface area contributed by atoms with E-state index in [2.05, 4.69) is 15.2 Å². The van der Waals surface area contributed by atoms with E-state index in [1.54, 1.807) is 26.0 Å². The highest BCUT2D eigenvalue weighted by Crippen LogP contribution is 2.38. The number of hydrogen-bond donors (Lipinski definition) is 3. The molecule has 37 heavy (non-hydrogen) atoms. The van der Waals surface area contributed by atoms with E-state index in [-0.39, 0.29) is 34.7 Å². The molecule has 2 unspecified atom stereocenters. The molecule has 3 heterocycles. The summed E-state index contributed by atoms with van der Waals surface area (Å²) >= 11 is 0. The molecule has 0 saturated carbocycles. The summed E-state index contributed by atoms with van der Waals surface area (Å²) < 4.78 is 70.5. The average molecular weight is 559 g/mol. The van der Waals surface area contributed by atoms with Crippen molar-refractivity contribution in [2.24, 2.45) is 0 Å². The predicted molar refractivity (Wildman–Crippen MR) is 133 cm³/mol. The topological polar surface area (TPSA) is 160 Å². The van der Waals surface area contributed by atoms with Gasteiger partial charge in [0.2, 0.25) is 20.0 Å². The molecule has 0 radical (unpaired) electrons. The van der Waals surface area contributed by atoms with E-state index in [0.717, 1.165) is 0 Å². The van der Waals surface area contributed by atoms with Gasteiger partial charge in [-0.1, -0.05) is 11.2 Å². The number of nitrogens with one attached hydrogen (secondary N) is 2. The summed E-state index contributed by atoms with van der Waals surface area (Å²) in [7, 11) is -5.93. The van der Waals surface area contributed by atoms with Crippen LogP contribution in [-0.2, 0) is 24.8 Å². The Bertz CT molecular complexity index is 1280. The minimum Gasteiger partial charge on any atom is -0.491 e. The molecule has 14 heteroatoms. The molecule has 4 rings (SSSR count). The molecule has 3 N–H and O–H groups in total. The molecule has 12 nitrogen and oxygen atoms in total. The van der Waals surface area contributed by atoms with Crippen molar-refractivity contribution in [3.8, 4) is 5.75 Å². The standard InChI is InChI=1S/C23H34N4O8S2/c1-16-22(17(2)35-26-16)37(31,32)27-9-7-23(8-10-27)12-18(14-34-23)25-13-19(28)15-33-20-5-4-6-21(11-20)36(29,30)24-3/h4-6,11,18-19,24-25,28H,7-10,12-15H2,1-3H3. The zero-order valence-corrected chi connectivity index (χ0v) is 22.8. The van der Waals surface area contributed by atoms with Gasteiger partial charge in [0, 0.05) is 31.7 Å². The van der Waals surface area contributed by atoms with Crippen molar-refractivity contribution in [3.63, 3.8) is 0 Å². The molecule has 2 aromatic rings. The van der Waals surface area contributed by atoms with E-state index < -0.39 is 31.8 Å². The Kier molecular flexibility index (Phi) is 8.28. The van der Waals surface area contributed by atoms with Crippen LogP contribution >= 0.6 is 0 Å². The summed E-state index contributed by atoms with van der Waals surface area (Å²) in [6.45, 7) is 4.63. The molecule has 1 spiro atoms. The number of nitrogens with zero attached hydrogens (tertiary/aromatic N) is 2. The SMILES string of the molecule is CNS(=O)(=O)c1cccc(OCC(O)CNC2COC3(CCN(S(=O)(=O)c4c(C)noc4C)CC3)C2)c1. The molecule has 2 aliphatic rings. The van der Waals surface area contributed by atoms with Crippen LogP contribution in [0.25, 0.3) is 0 Å². The predicted octanol–water partition coefficient (Wildman–Crippen LogP) is 0.541. The largest absolute Gasteiger partial charge is 0.491 e. The second-order valence-electron chi connectivity index (χ2n) is 9.51. The number of aryl methyl sites for hydroxylation is 2. The first kappa shape index (κ1) is 28.0. The second-order valence-corrected chi connectivity index (χ2v) is 13.3. The summed E-state index contributed by atoms with van der Waals surface area (Å²) in [5, 5.41) is 17.4. The zero-order valence-electron chi connectivity index (χ0n) is 21.1. The van der Waals surface area contributed by atoms with Gasteiger partial charge in [0.15, 0.2) is 5.76 Å². The van der Waals surface area contributed by atoms with Crippen LogP contribution in [0.5, 0.6) is 5.75 Å². The summed E-state index contributed by atoms with van der Waals surface area (Å²) in [5.41, 5.74) is -0.0410. The Morgan fingerprint density at radius 1 is 1.24 bits per heavy atom. The van der Waals surface area contributed by atoms with Gasteiger partial charge in [-0.3, -0.25) is 0 Å². The molecular weight excluding hydrogens is 524 g/mol. The van der Waals surface area contributed by atoms with Gasteiger partial charge in [-0.15, -0.1) is 0 Å². The third kappa shape index (κ3) is 6.16. The van der Waals surface area contributed by atoms with Gasteiger partial charge in [-0.05, 0) is 52.3 Å².